The molecule has 1 saturated heterocycles. The average Bonchev–Trinajstić information content (AvgIpc) is 3.15. The summed E-state index contributed by atoms with van der Waals surface area (Å²) in [6.07, 6.45) is 5.14. The Kier molecular flexibility index (Phi) is 3.41. The van der Waals surface area contributed by atoms with Gasteiger partial charge in [0.2, 0.25) is 0 Å². The van der Waals surface area contributed by atoms with E-state index in [1.807, 2.05) is 0 Å². The third kappa shape index (κ3) is 2.59. The fraction of sp³-hybridized carbons (Fsp3) is 1.00. The highest BCUT2D eigenvalue weighted by Gasteiger charge is 2.41. The first-order valence-corrected chi connectivity index (χ1v) is 7.71. The molecule has 3 heteroatoms. The van der Waals surface area contributed by atoms with Crippen LogP contribution in [0.5, 0.6) is 0 Å². The van der Waals surface area contributed by atoms with Crippen LogP contribution in [0.25, 0.3) is 0 Å². The Balaban J connectivity index is 1.46. The predicted molar refractivity (Wildman–Crippen MR) is 73.5 cm³/mol. The highest BCUT2D eigenvalue weighted by Crippen LogP contribution is 2.41. The van der Waals surface area contributed by atoms with Gasteiger partial charge in [-0.2, -0.15) is 0 Å². The summed E-state index contributed by atoms with van der Waals surface area (Å²) < 4.78 is 0. The van der Waals surface area contributed by atoms with E-state index in [1.54, 1.807) is 0 Å². The van der Waals surface area contributed by atoms with Gasteiger partial charge in [0.25, 0.3) is 0 Å². The molecule has 1 N–H and O–H groups in total. The normalized spacial score (nSPS) is 38.2. The van der Waals surface area contributed by atoms with Crippen LogP contribution in [0.15, 0.2) is 0 Å². The lowest BCUT2D eigenvalue weighted by molar-refractivity contribution is 0.0239. The second-order valence-electron chi connectivity index (χ2n) is 7.30. The Morgan fingerprint density at radius 3 is 2.22 bits per heavy atom. The molecule has 3 aliphatic rings. The summed E-state index contributed by atoms with van der Waals surface area (Å²) in [4.78, 5) is 5.24. The first-order valence-electron chi connectivity index (χ1n) is 7.71. The summed E-state index contributed by atoms with van der Waals surface area (Å²) in [5.41, 5.74) is 0.139. The fourth-order valence-corrected chi connectivity index (χ4v) is 3.77. The maximum atomic E-state index is 10.4. The molecule has 0 amide bonds. The molecule has 0 spiro atoms. The van der Waals surface area contributed by atoms with Gasteiger partial charge in [-0.15, -0.1) is 0 Å². The Labute approximate surface area is 111 Å². The molecular weight excluding hydrogens is 224 g/mol. The van der Waals surface area contributed by atoms with Gasteiger partial charge in [-0.1, -0.05) is 13.8 Å². The van der Waals surface area contributed by atoms with Crippen LogP contribution in [0.4, 0.5) is 0 Å². The van der Waals surface area contributed by atoms with Gasteiger partial charge in [0.1, 0.15) is 0 Å². The van der Waals surface area contributed by atoms with Crippen molar-refractivity contribution in [1.29, 1.82) is 0 Å². The van der Waals surface area contributed by atoms with Crippen LogP contribution in [0.1, 0.15) is 39.5 Å². The zero-order chi connectivity index (χ0) is 12.8. The fourth-order valence-electron chi connectivity index (χ4n) is 3.77. The van der Waals surface area contributed by atoms with E-state index in [1.165, 1.54) is 51.9 Å². The molecule has 0 aromatic carbocycles. The standard InChI is InChI=1S/C15H28N2O/c1-15(2)6-5-12(14(15)18)11-16-7-9-17(10-8-16)13-3-4-13/h12-14,18H,3-11H2,1-2H3. The molecule has 2 saturated carbocycles. The van der Waals surface area contributed by atoms with Gasteiger partial charge in [-0.05, 0) is 37.0 Å². The number of aliphatic hydroxyl groups excluding tert-OH is 1. The van der Waals surface area contributed by atoms with Gasteiger partial charge in [-0.3, -0.25) is 4.90 Å². The van der Waals surface area contributed by atoms with Crippen LogP contribution < -0.4 is 0 Å². The molecule has 3 nitrogen and oxygen atoms in total. The van der Waals surface area contributed by atoms with Crippen molar-refractivity contribution in [3.8, 4) is 0 Å². The van der Waals surface area contributed by atoms with E-state index in [0.717, 1.165) is 12.6 Å². The van der Waals surface area contributed by atoms with E-state index in [0.29, 0.717) is 5.92 Å². The number of nitrogens with zero attached hydrogens (tertiary/aromatic N) is 2. The molecule has 1 aliphatic heterocycles. The van der Waals surface area contributed by atoms with Crippen molar-refractivity contribution in [1.82, 2.24) is 9.80 Å². The van der Waals surface area contributed by atoms with Crippen molar-refractivity contribution in [2.45, 2.75) is 51.7 Å². The second-order valence-corrected chi connectivity index (χ2v) is 7.30. The van der Waals surface area contributed by atoms with Crippen molar-refractivity contribution in [3.05, 3.63) is 0 Å². The molecule has 1 heterocycles. The first-order chi connectivity index (χ1) is 8.56. The summed E-state index contributed by atoms with van der Waals surface area (Å²) >= 11 is 0. The minimum absolute atomic E-state index is 0.0982. The number of rotatable bonds is 3. The van der Waals surface area contributed by atoms with Crippen LogP contribution >= 0.6 is 0 Å². The Bertz CT molecular complexity index is 293. The summed E-state index contributed by atoms with van der Waals surface area (Å²) in [6.45, 7) is 10.4. The van der Waals surface area contributed by atoms with E-state index < -0.39 is 0 Å². The van der Waals surface area contributed by atoms with Crippen LogP contribution in [0.3, 0.4) is 0 Å². The highest BCUT2D eigenvalue weighted by molar-refractivity contribution is 4.93. The van der Waals surface area contributed by atoms with Crippen LogP contribution in [-0.2, 0) is 0 Å². The lowest BCUT2D eigenvalue weighted by Gasteiger charge is -2.37. The lowest BCUT2D eigenvalue weighted by atomic mass is 9.87. The highest BCUT2D eigenvalue weighted by atomic mass is 16.3. The van der Waals surface area contributed by atoms with E-state index >= 15 is 0 Å². The molecular formula is C15H28N2O. The van der Waals surface area contributed by atoms with Gasteiger partial charge in [0.15, 0.2) is 0 Å². The van der Waals surface area contributed by atoms with Crippen molar-refractivity contribution in [2.24, 2.45) is 11.3 Å². The number of hydrogen-bond donors (Lipinski definition) is 1. The van der Waals surface area contributed by atoms with Gasteiger partial charge in [0.05, 0.1) is 6.10 Å². The molecule has 2 aliphatic carbocycles. The average molecular weight is 252 g/mol. The summed E-state index contributed by atoms with van der Waals surface area (Å²) in [5.74, 6) is 0.507. The number of aliphatic hydroxyl groups is 1. The van der Waals surface area contributed by atoms with E-state index in [9.17, 15) is 5.11 Å². The third-order valence-electron chi connectivity index (χ3n) is 5.37. The van der Waals surface area contributed by atoms with Crippen molar-refractivity contribution in [2.75, 3.05) is 32.7 Å². The SMILES string of the molecule is CC1(C)CCC(CN2CCN(C3CC3)CC2)C1O. The molecule has 0 radical (unpaired) electrons. The van der Waals surface area contributed by atoms with E-state index in [2.05, 4.69) is 23.6 Å². The van der Waals surface area contributed by atoms with Crippen molar-refractivity contribution < 1.29 is 5.11 Å². The van der Waals surface area contributed by atoms with E-state index in [4.69, 9.17) is 0 Å². The maximum Gasteiger partial charge on any atom is 0.0631 e. The molecule has 3 fully saturated rings. The van der Waals surface area contributed by atoms with Gasteiger partial charge >= 0.3 is 0 Å². The first kappa shape index (κ1) is 12.9. The third-order valence-corrected chi connectivity index (χ3v) is 5.37. The van der Waals surface area contributed by atoms with Gasteiger partial charge in [0, 0.05) is 38.8 Å². The van der Waals surface area contributed by atoms with Gasteiger partial charge < -0.3 is 10.0 Å². The molecule has 0 bridgehead atoms. The second kappa shape index (κ2) is 4.77. The van der Waals surface area contributed by atoms with Crippen molar-refractivity contribution in [3.63, 3.8) is 0 Å². The lowest BCUT2D eigenvalue weighted by Crippen LogP contribution is -2.49. The van der Waals surface area contributed by atoms with Crippen molar-refractivity contribution >= 4 is 0 Å². The quantitative estimate of drug-likeness (QED) is 0.826. The molecule has 104 valence electrons. The maximum absolute atomic E-state index is 10.4. The molecule has 3 rings (SSSR count). The smallest absolute Gasteiger partial charge is 0.0631 e. The van der Waals surface area contributed by atoms with Crippen LogP contribution in [-0.4, -0.2) is 59.8 Å². The van der Waals surface area contributed by atoms with Crippen LogP contribution in [0, 0.1) is 11.3 Å². The monoisotopic (exact) mass is 252 g/mol. The Hall–Kier alpha value is -0.120. The Morgan fingerprint density at radius 1 is 1.06 bits per heavy atom. The number of hydrogen-bond acceptors (Lipinski definition) is 3. The predicted octanol–water partition coefficient (Wildman–Crippen LogP) is 1.56. The molecule has 0 aromatic rings. The summed E-state index contributed by atoms with van der Waals surface area (Å²) in [6, 6.07) is 0.920. The number of piperazine rings is 1. The summed E-state index contributed by atoms with van der Waals surface area (Å²) in [5, 5.41) is 10.4. The zero-order valence-electron chi connectivity index (χ0n) is 11.9. The zero-order valence-corrected chi connectivity index (χ0v) is 11.9. The molecule has 2 atom stereocenters. The Morgan fingerprint density at radius 2 is 1.72 bits per heavy atom. The van der Waals surface area contributed by atoms with E-state index in [-0.39, 0.29) is 11.5 Å². The summed E-state index contributed by atoms with van der Waals surface area (Å²) in [7, 11) is 0. The topological polar surface area (TPSA) is 26.7 Å². The molecule has 2 unspecified atom stereocenters. The minimum atomic E-state index is -0.0982. The largest absolute Gasteiger partial charge is 0.392 e. The minimum Gasteiger partial charge on any atom is -0.392 e. The van der Waals surface area contributed by atoms with Gasteiger partial charge in [-0.25, -0.2) is 0 Å². The van der Waals surface area contributed by atoms with Crippen LogP contribution in [0.2, 0.25) is 0 Å². The molecule has 18 heavy (non-hydrogen) atoms. The molecule has 0 aromatic heterocycles.